The molecule has 1 aromatic heterocycles. The Morgan fingerprint density at radius 1 is 1.43 bits per heavy atom. The molecule has 0 radical (unpaired) electrons. The van der Waals surface area contributed by atoms with E-state index in [0.29, 0.717) is 0 Å². The summed E-state index contributed by atoms with van der Waals surface area (Å²) in [7, 11) is 0. The first-order valence-electron chi connectivity index (χ1n) is 4.22. The molecule has 0 spiro atoms. The van der Waals surface area contributed by atoms with Crippen LogP contribution in [-0.4, -0.2) is 9.55 Å². The van der Waals surface area contributed by atoms with Crippen LogP contribution in [0.2, 0.25) is 0 Å². The van der Waals surface area contributed by atoms with Crippen molar-refractivity contribution in [3.05, 3.63) is 40.9 Å². The van der Waals surface area contributed by atoms with Crippen molar-refractivity contribution < 1.29 is 0 Å². The van der Waals surface area contributed by atoms with E-state index in [4.69, 9.17) is 5.73 Å². The van der Waals surface area contributed by atoms with Gasteiger partial charge in [0.1, 0.15) is 0 Å². The number of aromatic nitrogens is 2. The number of anilines is 1. The van der Waals surface area contributed by atoms with Crippen molar-refractivity contribution in [2.24, 2.45) is 0 Å². The van der Waals surface area contributed by atoms with E-state index in [1.54, 1.807) is 12.5 Å². The monoisotopic (exact) mass is 251 g/mol. The van der Waals surface area contributed by atoms with Crippen LogP contribution >= 0.6 is 15.9 Å². The molecule has 2 N–H and O–H groups in total. The third-order valence-electron chi connectivity index (χ3n) is 2.09. The third kappa shape index (κ3) is 1.53. The van der Waals surface area contributed by atoms with Crippen molar-refractivity contribution in [2.45, 2.75) is 6.92 Å². The number of hydrogen-bond acceptors (Lipinski definition) is 2. The molecule has 3 nitrogen and oxygen atoms in total. The Bertz CT molecular complexity index is 449. The molecule has 4 heteroatoms. The van der Waals surface area contributed by atoms with E-state index in [0.717, 1.165) is 21.4 Å². The largest absolute Gasteiger partial charge is 0.397 e. The minimum Gasteiger partial charge on any atom is -0.397 e. The summed E-state index contributed by atoms with van der Waals surface area (Å²) in [5.41, 5.74) is 8.74. The van der Waals surface area contributed by atoms with Gasteiger partial charge in [-0.05, 0) is 24.6 Å². The van der Waals surface area contributed by atoms with Crippen molar-refractivity contribution in [3.8, 4) is 5.69 Å². The predicted octanol–water partition coefficient (Wildman–Crippen LogP) is 2.53. The fraction of sp³-hybridized carbons (Fsp3) is 0.100. The molecule has 0 aliphatic rings. The SMILES string of the molecule is Cc1cc(N)c(-n2ccnc2)cc1Br. The summed E-state index contributed by atoms with van der Waals surface area (Å²) in [4.78, 5) is 3.98. The van der Waals surface area contributed by atoms with Gasteiger partial charge in [-0.2, -0.15) is 0 Å². The van der Waals surface area contributed by atoms with Crippen LogP contribution in [0.4, 0.5) is 5.69 Å². The van der Waals surface area contributed by atoms with Crippen LogP contribution in [0.5, 0.6) is 0 Å². The lowest BCUT2D eigenvalue weighted by atomic mass is 10.2. The van der Waals surface area contributed by atoms with Gasteiger partial charge >= 0.3 is 0 Å². The van der Waals surface area contributed by atoms with Gasteiger partial charge in [0.05, 0.1) is 17.7 Å². The van der Waals surface area contributed by atoms with Gasteiger partial charge in [0, 0.05) is 16.9 Å². The van der Waals surface area contributed by atoms with E-state index in [1.165, 1.54) is 0 Å². The van der Waals surface area contributed by atoms with Gasteiger partial charge in [-0.1, -0.05) is 15.9 Å². The van der Waals surface area contributed by atoms with Crippen molar-refractivity contribution >= 4 is 21.6 Å². The first-order valence-corrected chi connectivity index (χ1v) is 5.02. The molecule has 0 saturated heterocycles. The Labute approximate surface area is 90.7 Å². The van der Waals surface area contributed by atoms with Crippen molar-refractivity contribution in [1.29, 1.82) is 0 Å². The van der Waals surface area contributed by atoms with Gasteiger partial charge < -0.3 is 10.3 Å². The fourth-order valence-electron chi connectivity index (χ4n) is 1.32. The number of nitrogens with two attached hydrogens (primary N) is 1. The highest BCUT2D eigenvalue weighted by Gasteiger charge is 2.04. The van der Waals surface area contributed by atoms with Crippen LogP contribution in [0, 0.1) is 6.92 Å². The Balaban J connectivity index is 2.60. The highest BCUT2D eigenvalue weighted by atomic mass is 79.9. The minimum absolute atomic E-state index is 0.753. The molecular formula is C10H10BrN3. The van der Waals surface area contributed by atoms with Crippen LogP contribution < -0.4 is 5.73 Å². The van der Waals surface area contributed by atoms with Gasteiger partial charge in [0.15, 0.2) is 0 Å². The number of rotatable bonds is 1. The maximum atomic E-state index is 5.91. The van der Waals surface area contributed by atoms with Crippen LogP contribution in [0.1, 0.15) is 5.56 Å². The number of benzene rings is 1. The number of halogens is 1. The van der Waals surface area contributed by atoms with Gasteiger partial charge in [0.25, 0.3) is 0 Å². The summed E-state index contributed by atoms with van der Waals surface area (Å²) in [5.74, 6) is 0. The Morgan fingerprint density at radius 2 is 2.21 bits per heavy atom. The average Bonchev–Trinajstić information content (AvgIpc) is 2.64. The van der Waals surface area contributed by atoms with E-state index in [-0.39, 0.29) is 0 Å². The van der Waals surface area contributed by atoms with Crippen molar-refractivity contribution in [2.75, 3.05) is 5.73 Å². The lowest BCUT2D eigenvalue weighted by Gasteiger charge is -2.08. The van der Waals surface area contributed by atoms with E-state index < -0.39 is 0 Å². The number of nitrogens with zero attached hydrogens (tertiary/aromatic N) is 2. The van der Waals surface area contributed by atoms with Crippen molar-refractivity contribution in [1.82, 2.24) is 9.55 Å². The molecule has 0 unspecified atom stereocenters. The predicted molar refractivity (Wildman–Crippen MR) is 60.4 cm³/mol. The fourth-order valence-corrected chi connectivity index (χ4v) is 1.65. The smallest absolute Gasteiger partial charge is 0.0992 e. The number of hydrogen-bond donors (Lipinski definition) is 1. The Hall–Kier alpha value is -1.29. The molecule has 0 saturated carbocycles. The van der Waals surface area contributed by atoms with Gasteiger partial charge in [-0.15, -0.1) is 0 Å². The number of nitrogen functional groups attached to an aromatic ring is 1. The number of aryl methyl sites for hydroxylation is 1. The third-order valence-corrected chi connectivity index (χ3v) is 2.94. The van der Waals surface area contributed by atoms with Crippen LogP contribution in [0.15, 0.2) is 35.3 Å². The highest BCUT2D eigenvalue weighted by molar-refractivity contribution is 9.10. The molecule has 0 fully saturated rings. The summed E-state index contributed by atoms with van der Waals surface area (Å²) in [6.07, 6.45) is 5.33. The van der Waals surface area contributed by atoms with Gasteiger partial charge in [-0.3, -0.25) is 0 Å². The molecule has 1 aromatic carbocycles. The van der Waals surface area contributed by atoms with Gasteiger partial charge in [0.2, 0.25) is 0 Å². The van der Waals surface area contributed by atoms with Crippen LogP contribution in [0.25, 0.3) is 5.69 Å². The highest BCUT2D eigenvalue weighted by Crippen LogP contribution is 2.25. The van der Waals surface area contributed by atoms with Crippen LogP contribution in [-0.2, 0) is 0 Å². The molecule has 0 aliphatic heterocycles. The topological polar surface area (TPSA) is 43.8 Å². The maximum absolute atomic E-state index is 5.91. The molecule has 2 rings (SSSR count). The molecule has 0 amide bonds. The van der Waals surface area contributed by atoms with Crippen LogP contribution in [0.3, 0.4) is 0 Å². The molecule has 72 valence electrons. The zero-order valence-corrected chi connectivity index (χ0v) is 9.32. The van der Waals surface area contributed by atoms with E-state index in [9.17, 15) is 0 Å². The second-order valence-electron chi connectivity index (χ2n) is 3.13. The molecule has 2 aromatic rings. The quantitative estimate of drug-likeness (QED) is 0.792. The molecule has 1 heterocycles. The van der Waals surface area contributed by atoms with E-state index in [1.807, 2.05) is 29.8 Å². The first-order chi connectivity index (χ1) is 6.68. The molecule has 0 atom stereocenters. The zero-order chi connectivity index (χ0) is 10.1. The summed E-state index contributed by atoms with van der Waals surface area (Å²) in [6, 6.07) is 3.94. The summed E-state index contributed by atoms with van der Waals surface area (Å²) < 4.78 is 2.94. The minimum atomic E-state index is 0.753. The second-order valence-corrected chi connectivity index (χ2v) is 3.98. The number of imidazole rings is 1. The Kier molecular flexibility index (Phi) is 2.29. The molecule has 0 bridgehead atoms. The second kappa shape index (κ2) is 3.46. The zero-order valence-electron chi connectivity index (χ0n) is 7.74. The Morgan fingerprint density at radius 3 is 2.86 bits per heavy atom. The molecule has 14 heavy (non-hydrogen) atoms. The van der Waals surface area contributed by atoms with E-state index >= 15 is 0 Å². The normalized spacial score (nSPS) is 10.4. The molecular weight excluding hydrogens is 242 g/mol. The molecule has 0 aliphatic carbocycles. The summed E-state index contributed by atoms with van der Waals surface area (Å²) in [6.45, 7) is 2.01. The maximum Gasteiger partial charge on any atom is 0.0992 e. The average molecular weight is 252 g/mol. The summed E-state index contributed by atoms with van der Waals surface area (Å²) in [5, 5.41) is 0. The standard InChI is InChI=1S/C10H10BrN3/c1-7-4-9(12)10(5-8(7)11)14-3-2-13-6-14/h2-6H,12H2,1H3. The van der Waals surface area contributed by atoms with E-state index in [2.05, 4.69) is 20.9 Å². The lowest BCUT2D eigenvalue weighted by molar-refractivity contribution is 1.06. The summed E-state index contributed by atoms with van der Waals surface area (Å²) >= 11 is 3.48. The van der Waals surface area contributed by atoms with Gasteiger partial charge in [-0.25, -0.2) is 4.98 Å². The van der Waals surface area contributed by atoms with Crippen molar-refractivity contribution in [3.63, 3.8) is 0 Å². The lowest BCUT2D eigenvalue weighted by Crippen LogP contribution is -1.98. The first kappa shape index (κ1) is 9.27.